The third-order valence-corrected chi connectivity index (χ3v) is 1.39. The molecule has 0 N–H and O–H groups in total. The molecule has 3 heteroatoms. The summed E-state index contributed by atoms with van der Waals surface area (Å²) in [7, 11) is 0. The first-order chi connectivity index (χ1) is 5.33. The molecule has 0 amide bonds. The van der Waals surface area contributed by atoms with Gasteiger partial charge in [0.25, 0.3) is 0 Å². The van der Waals surface area contributed by atoms with Crippen LogP contribution in [0.5, 0.6) is 5.75 Å². The van der Waals surface area contributed by atoms with Crippen LogP contribution in [-0.4, -0.2) is 6.26 Å². The molecule has 0 aliphatic heterocycles. The molecule has 0 aromatic heterocycles. The largest absolute Gasteiger partial charge is 0.325 e. The summed E-state index contributed by atoms with van der Waals surface area (Å²) < 4.78 is 4.69. The minimum Gasteiger partial charge on any atom is -0.325 e. The van der Waals surface area contributed by atoms with Gasteiger partial charge < -0.3 is 4.89 Å². The summed E-state index contributed by atoms with van der Waals surface area (Å²) in [5.41, 5.74) is 1.16. The van der Waals surface area contributed by atoms with Gasteiger partial charge in [-0.1, -0.05) is 12.1 Å². The van der Waals surface area contributed by atoms with Crippen molar-refractivity contribution >= 4 is 12.0 Å². The number of hydrogen-bond acceptors (Lipinski definition) is 3. The number of benzene rings is 1. The van der Waals surface area contributed by atoms with Gasteiger partial charge in [-0.25, -0.2) is 0 Å². The fourth-order valence-corrected chi connectivity index (χ4v) is 0.887. The molecule has 0 saturated carbocycles. The van der Waals surface area contributed by atoms with E-state index < -0.39 is 0 Å². The van der Waals surface area contributed by atoms with E-state index in [4.69, 9.17) is 9.22 Å². The van der Waals surface area contributed by atoms with Gasteiger partial charge in [-0.3, -0.25) is 0 Å². The van der Waals surface area contributed by atoms with Crippen molar-refractivity contribution in [2.24, 2.45) is 0 Å². The first-order valence-electron chi connectivity index (χ1n) is 3.27. The van der Waals surface area contributed by atoms with Gasteiger partial charge in [0.1, 0.15) is 0 Å². The highest BCUT2D eigenvalue weighted by atomic mass is 32.2. The highest BCUT2D eigenvalue weighted by Gasteiger charge is 1.92. The van der Waals surface area contributed by atoms with E-state index in [2.05, 4.69) is 0 Å². The minimum atomic E-state index is 0.736. The van der Waals surface area contributed by atoms with E-state index >= 15 is 0 Å². The molecule has 2 nitrogen and oxygen atoms in total. The van der Waals surface area contributed by atoms with Crippen molar-refractivity contribution < 1.29 is 9.22 Å². The zero-order chi connectivity index (χ0) is 8.10. The Morgan fingerprint density at radius 2 is 2.18 bits per heavy atom. The minimum absolute atomic E-state index is 0.736. The number of hydrogen-bond donors (Lipinski definition) is 0. The average molecular weight is 170 g/mol. The van der Waals surface area contributed by atoms with Crippen LogP contribution >= 0.6 is 12.0 Å². The molecule has 0 fully saturated rings. The van der Waals surface area contributed by atoms with E-state index in [1.807, 2.05) is 31.2 Å². The number of rotatable bonds is 3. The molecule has 60 valence electrons. The third-order valence-electron chi connectivity index (χ3n) is 1.19. The Morgan fingerprint density at radius 1 is 1.36 bits per heavy atom. The first kappa shape index (κ1) is 8.43. The molecule has 0 unspecified atom stereocenters. The van der Waals surface area contributed by atoms with Gasteiger partial charge in [-0.2, -0.15) is 0 Å². The maximum atomic E-state index is 4.90. The standard InChI is InChI=1S/C8H10O2S/c1-7-4-3-5-8(6-7)9-10-11-2/h3-6H,1-2H3. The maximum Gasteiger partial charge on any atom is 0.167 e. The van der Waals surface area contributed by atoms with Crippen LogP contribution < -0.4 is 4.89 Å². The quantitative estimate of drug-likeness (QED) is 0.394. The lowest BCUT2D eigenvalue weighted by Gasteiger charge is -2.00. The molecular weight excluding hydrogens is 160 g/mol. The Bertz CT molecular complexity index is 225. The molecule has 11 heavy (non-hydrogen) atoms. The zero-order valence-electron chi connectivity index (χ0n) is 6.53. The lowest BCUT2D eigenvalue weighted by atomic mass is 10.2. The van der Waals surface area contributed by atoms with Crippen molar-refractivity contribution in [3.05, 3.63) is 29.8 Å². The monoisotopic (exact) mass is 170 g/mol. The Hall–Kier alpha value is -0.670. The van der Waals surface area contributed by atoms with Crippen LogP contribution in [0.4, 0.5) is 0 Å². The summed E-state index contributed by atoms with van der Waals surface area (Å²) in [6, 6.07) is 7.69. The fraction of sp³-hybridized carbons (Fsp3) is 0.250. The van der Waals surface area contributed by atoms with Gasteiger partial charge in [-0.15, -0.1) is 4.33 Å². The average Bonchev–Trinajstić information content (AvgIpc) is 2.01. The van der Waals surface area contributed by atoms with Crippen molar-refractivity contribution in [1.29, 1.82) is 0 Å². The maximum absolute atomic E-state index is 4.90. The van der Waals surface area contributed by atoms with Crippen LogP contribution in [0.3, 0.4) is 0 Å². The lowest BCUT2D eigenvalue weighted by Crippen LogP contribution is -1.87. The van der Waals surface area contributed by atoms with Crippen molar-refractivity contribution in [1.82, 2.24) is 0 Å². The van der Waals surface area contributed by atoms with Crippen molar-refractivity contribution in [3.8, 4) is 5.75 Å². The summed E-state index contributed by atoms with van der Waals surface area (Å²) >= 11 is 1.18. The highest BCUT2D eigenvalue weighted by molar-refractivity contribution is 7.93. The van der Waals surface area contributed by atoms with Crippen LogP contribution in [0.1, 0.15) is 5.56 Å². The Kier molecular flexibility index (Phi) is 3.26. The molecular formula is C8H10O2S. The number of aryl methyl sites for hydroxylation is 1. The van der Waals surface area contributed by atoms with Gasteiger partial charge in [0.2, 0.25) is 0 Å². The molecule has 0 spiro atoms. The topological polar surface area (TPSA) is 18.5 Å². The summed E-state index contributed by atoms with van der Waals surface area (Å²) in [4.78, 5) is 4.90. The van der Waals surface area contributed by atoms with E-state index in [0.717, 1.165) is 11.3 Å². The molecule has 1 aromatic carbocycles. The Balaban J connectivity index is 2.56. The molecule has 1 rings (SSSR count). The van der Waals surface area contributed by atoms with Gasteiger partial charge >= 0.3 is 0 Å². The van der Waals surface area contributed by atoms with E-state index in [1.54, 1.807) is 6.26 Å². The Labute approximate surface area is 70.6 Å². The Morgan fingerprint density at radius 3 is 2.82 bits per heavy atom. The van der Waals surface area contributed by atoms with Gasteiger partial charge in [0.05, 0.1) is 0 Å². The van der Waals surface area contributed by atoms with E-state index in [9.17, 15) is 0 Å². The van der Waals surface area contributed by atoms with E-state index in [0.29, 0.717) is 0 Å². The summed E-state index contributed by atoms with van der Waals surface area (Å²) in [5, 5.41) is 0. The van der Waals surface area contributed by atoms with Crippen molar-refractivity contribution in [3.63, 3.8) is 0 Å². The lowest BCUT2D eigenvalue weighted by molar-refractivity contribution is -0.0771. The SMILES string of the molecule is CSOOc1cccc(C)c1. The van der Waals surface area contributed by atoms with Crippen LogP contribution in [0.15, 0.2) is 24.3 Å². The van der Waals surface area contributed by atoms with E-state index in [-0.39, 0.29) is 0 Å². The van der Waals surface area contributed by atoms with Gasteiger partial charge in [0.15, 0.2) is 5.75 Å². The first-order valence-corrected chi connectivity index (χ1v) is 4.42. The van der Waals surface area contributed by atoms with Crippen LogP contribution in [-0.2, 0) is 4.33 Å². The smallest absolute Gasteiger partial charge is 0.167 e. The molecule has 0 aliphatic carbocycles. The zero-order valence-corrected chi connectivity index (χ0v) is 7.35. The fourth-order valence-electron chi connectivity index (χ4n) is 0.740. The van der Waals surface area contributed by atoms with Crippen LogP contribution in [0.2, 0.25) is 0 Å². The van der Waals surface area contributed by atoms with Crippen molar-refractivity contribution in [2.75, 3.05) is 6.26 Å². The highest BCUT2D eigenvalue weighted by Crippen LogP contribution is 2.13. The molecule has 0 aliphatic rings. The second-order valence-electron chi connectivity index (χ2n) is 2.13. The molecule has 0 bridgehead atoms. The predicted molar refractivity (Wildman–Crippen MR) is 46.4 cm³/mol. The molecule has 0 heterocycles. The molecule has 0 saturated heterocycles. The second kappa shape index (κ2) is 4.26. The summed E-state index contributed by atoms with van der Waals surface area (Å²) in [6.45, 7) is 2.01. The van der Waals surface area contributed by atoms with Gasteiger partial charge in [-0.05, 0) is 24.6 Å². The van der Waals surface area contributed by atoms with Crippen molar-refractivity contribution in [2.45, 2.75) is 6.92 Å². The summed E-state index contributed by atoms with van der Waals surface area (Å²) in [5.74, 6) is 0.736. The third kappa shape index (κ3) is 2.82. The molecule has 1 aromatic rings. The van der Waals surface area contributed by atoms with Crippen LogP contribution in [0, 0.1) is 6.92 Å². The normalized spacial score (nSPS) is 9.64. The second-order valence-corrected chi connectivity index (χ2v) is 2.60. The molecule has 0 radical (unpaired) electrons. The predicted octanol–water partition coefficient (Wildman–Crippen LogP) is 2.58. The molecule has 0 atom stereocenters. The van der Waals surface area contributed by atoms with Gasteiger partial charge in [0, 0.05) is 18.3 Å². The summed E-state index contributed by atoms with van der Waals surface area (Å²) in [6.07, 6.45) is 1.80. The van der Waals surface area contributed by atoms with Crippen LogP contribution in [0.25, 0.3) is 0 Å². The van der Waals surface area contributed by atoms with E-state index in [1.165, 1.54) is 12.0 Å².